The van der Waals surface area contributed by atoms with E-state index in [1.54, 1.807) is 12.1 Å². The smallest absolute Gasteiger partial charge is 0.414 e. The number of aliphatic hydroxyl groups excluding tert-OH is 1. The van der Waals surface area contributed by atoms with Gasteiger partial charge >= 0.3 is 18.0 Å². The van der Waals surface area contributed by atoms with Gasteiger partial charge < -0.3 is 41.1 Å². The van der Waals surface area contributed by atoms with E-state index in [1.807, 2.05) is 13.8 Å². The molecule has 158 valence electrons. The maximum Gasteiger partial charge on any atom is 0.414 e. The molecule has 0 heterocycles. The molecule has 1 aromatic carbocycles. The molecule has 0 aliphatic carbocycles. The van der Waals surface area contributed by atoms with Gasteiger partial charge in [0.15, 0.2) is 0 Å². The van der Waals surface area contributed by atoms with Gasteiger partial charge in [-0.3, -0.25) is 0 Å². The van der Waals surface area contributed by atoms with E-state index in [0.29, 0.717) is 25.4 Å². The number of phenols is 1. The van der Waals surface area contributed by atoms with Gasteiger partial charge in [0.25, 0.3) is 0 Å². The summed E-state index contributed by atoms with van der Waals surface area (Å²) in [6, 6.07) is 6.21. The standard InChI is InChI=1S/C15H25N3O4.C2H2O4/c1-11(2)18-15(21)17-8-7-16-9-13(20)10-22-14-5-3-12(19)4-6-14;3-1(4)2(5)6/h3-6,11,13,16,19-20H,7-10H2,1-2H3,(H2,17,18,21);(H,3,4)(H,5,6). The fraction of sp³-hybridized carbons (Fsp3) is 0.471. The van der Waals surface area contributed by atoms with Crippen molar-refractivity contribution >= 4 is 18.0 Å². The lowest BCUT2D eigenvalue weighted by Gasteiger charge is -2.14. The number of hydrogen-bond donors (Lipinski definition) is 7. The first-order valence-electron chi connectivity index (χ1n) is 8.43. The van der Waals surface area contributed by atoms with Crippen molar-refractivity contribution in [1.29, 1.82) is 0 Å². The topological polar surface area (TPSA) is 177 Å². The van der Waals surface area contributed by atoms with Crippen LogP contribution in [0.15, 0.2) is 24.3 Å². The van der Waals surface area contributed by atoms with E-state index >= 15 is 0 Å². The first kappa shape index (κ1) is 24.9. The first-order chi connectivity index (χ1) is 13.1. The number of carbonyl (C=O) groups excluding carboxylic acids is 1. The Hall–Kier alpha value is -3.05. The lowest BCUT2D eigenvalue weighted by atomic mass is 10.3. The molecule has 0 aromatic heterocycles. The molecule has 0 radical (unpaired) electrons. The highest BCUT2D eigenvalue weighted by Crippen LogP contribution is 2.15. The third-order valence-corrected chi connectivity index (χ3v) is 2.85. The Morgan fingerprint density at radius 1 is 1.04 bits per heavy atom. The Labute approximate surface area is 162 Å². The zero-order valence-electron chi connectivity index (χ0n) is 15.7. The van der Waals surface area contributed by atoms with Gasteiger partial charge in [0.05, 0.1) is 0 Å². The number of carboxylic acids is 2. The van der Waals surface area contributed by atoms with Gasteiger partial charge in [-0.2, -0.15) is 0 Å². The Balaban J connectivity index is 0.00000105. The maximum atomic E-state index is 11.3. The molecule has 2 amide bonds. The molecule has 1 atom stereocenters. The van der Waals surface area contributed by atoms with Gasteiger partial charge in [-0.15, -0.1) is 0 Å². The number of aliphatic hydroxyl groups is 1. The fourth-order valence-electron chi connectivity index (χ4n) is 1.64. The average Bonchev–Trinajstić information content (AvgIpc) is 2.60. The predicted octanol–water partition coefficient (Wildman–Crippen LogP) is -0.415. The number of nitrogens with one attached hydrogen (secondary N) is 3. The van der Waals surface area contributed by atoms with Crippen molar-refractivity contribution in [1.82, 2.24) is 16.0 Å². The molecule has 0 bridgehead atoms. The second-order valence-corrected chi connectivity index (χ2v) is 5.83. The highest BCUT2D eigenvalue weighted by Gasteiger charge is 2.06. The Morgan fingerprint density at radius 3 is 2.11 bits per heavy atom. The molecule has 0 saturated carbocycles. The number of aliphatic carboxylic acids is 2. The molecule has 0 aliphatic heterocycles. The van der Waals surface area contributed by atoms with Crippen LogP contribution in [-0.4, -0.2) is 76.8 Å². The van der Waals surface area contributed by atoms with Crippen LogP contribution < -0.4 is 20.7 Å². The first-order valence-corrected chi connectivity index (χ1v) is 8.43. The number of urea groups is 1. The number of ether oxygens (including phenoxy) is 1. The summed E-state index contributed by atoms with van der Waals surface area (Å²) in [6.07, 6.45) is -0.654. The molecule has 28 heavy (non-hydrogen) atoms. The van der Waals surface area contributed by atoms with Gasteiger partial charge in [-0.25, -0.2) is 14.4 Å². The second kappa shape index (κ2) is 14.1. The number of hydrogen-bond acceptors (Lipinski definition) is 7. The molecule has 1 rings (SSSR count). The molecule has 1 aromatic rings. The van der Waals surface area contributed by atoms with Crippen LogP contribution in [0.4, 0.5) is 4.79 Å². The minimum Gasteiger partial charge on any atom is -0.508 e. The number of carboxylic acid groups (broad SMARTS) is 2. The van der Waals surface area contributed by atoms with Crippen LogP contribution in [0.3, 0.4) is 0 Å². The van der Waals surface area contributed by atoms with Gasteiger partial charge in [0, 0.05) is 25.7 Å². The maximum absolute atomic E-state index is 11.3. The monoisotopic (exact) mass is 401 g/mol. The van der Waals surface area contributed by atoms with Gasteiger partial charge in [-0.05, 0) is 38.1 Å². The summed E-state index contributed by atoms with van der Waals surface area (Å²) in [5.74, 6) is -2.89. The molecule has 11 heteroatoms. The SMILES string of the molecule is CC(C)NC(=O)NCCNCC(O)COc1ccc(O)cc1.O=C(O)C(=O)O. The van der Waals surface area contributed by atoms with Crippen LogP contribution in [0.2, 0.25) is 0 Å². The van der Waals surface area contributed by atoms with E-state index in [9.17, 15) is 9.90 Å². The summed E-state index contributed by atoms with van der Waals surface area (Å²) in [6.45, 7) is 5.33. The average molecular weight is 401 g/mol. The van der Waals surface area contributed by atoms with E-state index in [2.05, 4.69) is 16.0 Å². The van der Waals surface area contributed by atoms with E-state index in [1.165, 1.54) is 12.1 Å². The number of carbonyl (C=O) groups is 3. The van der Waals surface area contributed by atoms with Crippen molar-refractivity contribution in [2.24, 2.45) is 0 Å². The minimum absolute atomic E-state index is 0.104. The Bertz CT molecular complexity index is 595. The number of benzene rings is 1. The van der Waals surface area contributed by atoms with Crippen LogP contribution in [0.25, 0.3) is 0 Å². The third-order valence-electron chi connectivity index (χ3n) is 2.85. The molecular weight excluding hydrogens is 374 g/mol. The van der Waals surface area contributed by atoms with Gasteiger partial charge in [0.2, 0.25) is 0 Å². The van der Waals surface area contributed by atoms with Crippen LogP contribution in [0.5, 0.6) is 11.5 Å². The van der Waals surface area contributed by atoms with Crippen molar-refractivity contribution in [3.05, 3.63) is 24.3 Å². The highest BCUT2D eigenvalue weighted by molar-refractivity contribution is 6.27. The quantitative estimate of drug-likeness (QED) is 0.214. The van der Waals surface area contributed by atoms with Crippen molar-refractivity contribution in [3.8, 4) is 11.5 Å². The normalized spacial score (nSPS) is 11.0. The zero-order valence-corrected chi connectivity index (χ0v) is 15.7. The predicted molar refractivity (Wildman–Crippen MR) is 99.4 cm³/mol. The molecule has 0 spiro atoms. The summed E-state index contributed by atoms with van der Waals surface area (Å²) in [4.78, 5) is 29.5. The molecule has 0 fully saturated rings. The Morgan fingerprint density at radius 2 is 1.61 bits per heavy atom. The summed E-state index contributed by atoms with van der Waals surface area (Å²) >= 11 is 0. The lowest BCUT2D eigenvalue weighted by molar-refractivity contribution is -0.159. The number of phenolic OH excluding ortho intramolecular Hbond substituents is 1. The van der Waals surface area contributed by atoms with Gasteiger partial charge in [0.1, 0.15) is 24.2 Å². The van der Waals surface area contributed by atoms with Crippen LogP contribution in [-0.2, 0) is 9.59 Å². The summed E-state index contributed by atoms with van der Waals surface area (Å²) in [5.41, 5.74) is 0. The van der Waals surface area contributed by atoms with Crippen molar-refractivity contribution < 1.29 is 39.5 Å². The van der Waals surface area contributed by atoms with E-state index in [-0.39, 0.29) is 24.4 Å². The summed E-state index contributed by atoms with van der Waals surface area (Å²) < 4.78 is 5.38. The molecule has 0 saturated heterocycles. The van der Waals surface area contributed by atoms with E-state index < -0.39 is 18.0 Å². The Kier molecular flexibility index (Phi) is 12.5. The highest BCUT2D eigenvalue weighted by atomic mass is 16.5. The molecular formula is C17H27N3O8. The number of amides is 2. The summed E-state index contributed by atoms with van der Waals surface area (Å²) in [7, 11) is 0. The molecule has 0 aliphatic rings. The molecule has 11 nitrogen and oxygen atoms in total. The largest absolute Gasteiger partial charge is 0.508 e. The fourth-order valence-corrected chi connectivity index (χ4v) is 1.64. The lowest BCUT2D eigenvalue weighted by Crippen LogP contribution is -2.43. The number of aromatic hydroxyl groups is 1. The minimum atomic E-state index is -1.82. The molecule has 7 N–H and O–H groups in total. The molecule has 1 unspecified atom stereocenters. The van der Waals surface area contributed by atoms with Crippen LogP contribution >= 0.6 is 0 Å². The van der Waals surface area contributed by atoms with Gasteiger partial charge in [-0.1, -0.05) is 0 Å². The number of rotatable bonds is 9. The summed E-state index contributed by atoms with van der Waals surface area (Å²) in [5, 5.41) is 42.1. The van der Waals surface area contributed by atoms with Crippen molar-refractivity contribution in [3.63, 3.8) is 0 Å². The zero-order chi connectivity index (χ0) is 21.5. The van der Waals surface area contributed by atoms with Crippen LogP contribution in [0, 0.1) is 0 Å². The second-order valence-electron chi connectivity index (χ2n) is 5.83. The van der Waals surface area contributed by atoms with E-state index in [0.717, 1.165) is 0 Å². The van der Waals surface area contributed by atoms with E-state index in [4.69, 9.17) is 29.6 Å². The third kappa shape index (κ3) is 14.2. The van der Waals surface area contributed by atoms with Crippen molar-refractivity contribution in [2.75, 3.05) is 26.2 Å². The van der Waals surface area contributed by atoms with Crippen molar-refractivity contribution in [2.45, 2.75) is 26.0 Å². The van der Waals surface area contributed by atoms with Crippen LogP contribution in [0.1, 0.15) is 13.8 Å².